The first-order chi connectivity index (χ1) is 13.6. The highest BCUT2D eigenvalue weighted by Crippen LogP contribution is 2.22. The van der Waals surface area contributed by atoms with Crippen LogP contribution in [-0.2, 0) is 20.8 Å². The van der Waals surface area contributed by atoms with Crippen LogP contribution in [-0.4, -0.2) is 67.8 Å². The Hall–Kier alpha value is -2.25. The van der Waals surface area contributed by atoms with Gasteiger partial charge in [0.15, 0.2) is 0 Å². The number of carbonyl (C=O) groups is 3. The standard InChI is InChI=1S/C11H12N2O2.C6H12N2O4S2/c12-9(11(14)15)5-7-6-13-10-4-2-1-3-8(7)10;7-3(5(9)10)1-13-14-2-4(8)6(11)12/h1-4,6,9,13H,5,12H2,(H,14,15);3-4H,1-2,7-8H2,(H,9,10)(H,11,12). The second-order valence-electron chi connectivity index (χ2n) is 5.97. The first-order valence-corrected chi connectivity index (χ1v) is 10.9. The molecule has 2 aromatic rings. The number of rotatable bonds is 10. The molecule has 0 saturated heterocycles. The summed E-state index contributed by atoms with van der Waals surface area (Å²) in [5, 5.41) is 26.6. The van der Waals surface area contributed by atoms with Crippen LogP contribution in [0.2, 0.25) is 0 Å². The summed E-state index contributed by atoms with van der Waals surface area (Å²) in [6.07, 6.45) is 2.16. The van der Waals surface area contributed by atoms with E-state index in [2.05, 4.69) is 4.98 Å². The second kappa shape index (κ2) is 12.3. The fourth-order valence-electron chi connectivity index (χ4n) is 2.01. The number of aromatic nitrogens is 1. The van der Waals surface area contributed by atoms with Crippen LogP contribution in [0.5, 0.6) is 0 Å². The number of para-hydroxylation sites is 1. The average Bonchev–Trinajstić information content (AvgIpc) is 3.08. The van der Waals surface area contributed by atoms with E-state index in [0.29, 0.717) is 6.42 Å². The molecule has 12 heteroatoms. The number of fused-ring (bicyclic) bond motifs is 1. The molecule has 0 saturated carbocycles. The summed E-state index contributed by atoms with van der Waals surface area (Å²) in [6.45, 7) is 0. The number of H-pyrrole nitrogens is 1. The molecule has 10 N–H and O–H groups in total. The normalized spacial score (nSPS) is 13.8. The Balaban J connectivity index is 0.000000291. The van der Waals surface area contributed by atoms with Gasteiger partial charge in [-0.05, 0) is 11.6 Å². The first kappa shape index (κ1) is 24.8. The molecule has 0 amide bonds. The van der Waals surface area contributed by atoms with Crippen molar-refractivity contribution in [2.75, 3.05) is 11.5 Å². The Morgan fingerprint density at radius 1 is 0.862 bits per heavy atom. The number of nitrogens with two attached hydrogens (primary N) is 3. The maximum absolute atomic E-state index is 10.6. The van der Waals surface area contributed by atoms with Crippen molar-refractivity contribution >= 4 is 50.4 Å². The molecule has 1 aromatic carbocycles. The van der Waals surface area contributed by atoms with Gasteiger partial charge in [0.2, 0.25) is 0 Å². The maximum Gasteiger partial charge on any atom is 0.321 e. The van der Waals surface area contributed by atoms with E-state index in [-0.39, 0.29) is 11.5 Å². The summed E-state index contributed by atoms with van der Waals surface area (Å²) in [5.74, 6) is -2.65. The lowest BCUT2D eigenvalue weighted by Crippen LogP contribution is -2.33. The molecule has 0 fully saturated rings. The van der Waals surface area contributed by atoms with Crippen molar-refractivity contribution < 1.29 is 29.7 Å². The van der Waals surface area contributed by atoms with Crippen molar-refractivity contribution in [3.8, 4) is 0 Å². The highest BCUT2D eigenvalue weighted by atomic mass is 33.1. The molecule has 0 bridgehead atoms. The van der Waals surface area contributed by atoms with Gasteiger partial charge in [-0.3, -0.25) is 14.4 Å². The third kappa shape index (κ3) is 8.75. The molecule has 0 aliphatic heterocycles. The van der Waals surface area contributed by atoms with Gasteiger partial charge in [-0.25, -0.2) is 0 Å². The van der Waals surface area contributed by atoms with Gasteiger partial charge in [0, 0.05) is 35.0 Å². The summed E-state index contributed by atoms with van der Waals surface area (Å²) in [6, 6.07) is 5.07. The fraction of sp³-hybridized carbons (Fsp3) is 0.353. The Morgan fingerprint density at radius 2 is 1.34 bits per heavy atom. The summed E-state index contributed by atoms with van der Waals surface area (Å²) >= 11 is 0. The highest BCUT2D eigenvalue weighted by Gasteiger charge is 2.15. The molecule has 1 aromatic heterocycles. The van der Waals surface area contributed by atoms with Crippen molar-refractivity contribution in [1.82, 2.24) is 4.98 Å². The zero-order valence-electron chi connectivity index (χ0n) is 15.4. The van der Waals surface area contributed by atoms with Crippen molar-refractivity contribution in [2.24, 2.45) is 17.2 Å². The Bertz CT molecular complexity index is 809. The lowest BCUT2D eigenvalue weighted by atomic mass is 10.1. The summed E-state index contributed by atoms with van der Waals surface area (Å²) in [4.78, 5) is 34.2. The smallest absolute Gasteiger partial charge is 0.321 e. The monoisotopic (exact) mass is 444 g/mol. The topological polar surface area (TPSA) is 206 Å². The van der Waals surface area contributed by atoms with Gasteiger partial charge in [-0.1, -0.05) is 39.8 Å². The SMILES string of the molecule is NC(CSSCC(N)C(=O)O)C(=O)O.NC(Cc1c[nH]c2ccccc12)C(=O)O. The van der Waals surface area contributed by atoms with Crippen LogP contribution in [0.15, 0.2) is 30.5 Å². The van der Waals surface area contributed by atoms with E-state index in [1.807, 2.05) is 30.5 Å². The van der Waals surface area contributed by atoms with E-state index in [1.165, 1.54) is 21.6 Å². The minimum Gasteiger partial charge on any atom is -0.480 e. The molecule has 10 nitrogen and oxygen atoms in total. The molecule has 0 spiro atoms. The highest BCUT2D eigenvalue weighted by molar-refractivity contribution is 8.76. The lowest BCUT2D eigenvalue weighted by Gasteiger charge is -2.07. The number of benzene rings is 1. The Morgan fingerprint density at radius 3 is 1.83 bits per heavy atom. The fourth-order valence-corrected chi connectivity index (χ4v) is 4.24. The molecule has 0 aliphatic carbocycles. The number of carboxylic acids is 3. The molecule has 3 unspecified atom stereocenters. The van der Waals surface area contributed by atoms with Crippen LogP contribution < -0.4 is 17.2 Å². The predicted octanol–water partition coefficient (Wildman–Crippen LogP) is 0.314. The largest absolute Gasteiger partial charge is 0.480 e. The lowest BCUT2D eigenvalue weighted by molar-refractivity contribution is -0.139. The molecular formula is C17H24N4O6S2. The van der Waals surface area contributed by atoms with Crippen molar-refractivity contribution in [2.45, 2.75) is 24.5 Å². The number of carboxylic acid groups (broad SMARTS) is 3. The van der Waals surface area contributed by atoms with Gasteiger partial charge >= 0.3 is 17.9 Å². The van der Waals surface area contributed by atoms with Crippen LogP contribution in [0, 0.1) is 0 Å². The second-order valence-corrected chi connectivity index (χ2v) is 8.52. The predicted molar refractivity (Wildman–Crippen MR) is 114 cm³/mol. The van der Waals surface area contributed by atoms with Gasteiger partial charge in [0.25, 0.3) is 0 Å². The van der Waals surface area contributed by atoms with Crippen LogP contribution >= 0.6 is 21.6 Å². The molecule has 1 heterocycles. The van der Waals surface area contributed by atoms with Crippen molar-refractivity contribution in [3.63, 3.8) is 0 Å². The third-order valence-electron chi connectivity index (χ3n) is 3.64. The maximum atomic E-state index is 10.6. The molecule has 3 atom stereocenters. The van der Waals surface area contributed by atoms with E-state index >= 15 is 0 Å². The molecule has 2 rings (SSSR count). The van der Waals surface area contributed by atoms with Crippen molar-refractivity contribution in [3.05, 3.63) is 36.0 Å². The van der Waals surface area contributed by atoms with E-state index in [1.54, 1.807) is 0 Å². The van der Waals surface area contributed by atoms with Crippen LogP contribution in [0.25, 0.3) is 10.9 Å². The summed E-state index contributed by atoms with van der Waals surface area (Å²) in [7, 11) is 2.41. The Kier molecular flexibility index (Phi) is 10.5. The van der Waals surface area contributed by atoms with Gasteiger partial charge in [-0.2, -0.15) is 0 Å². The number of aliphatic carboxylic acids is 3. The number of nitrogens with one attached hydrogen (secondary N) is 1. The van der Waals surface area contributed by atoms with Gasteiger partial charge in [0.05, 0.1) is 0 Å². The molecule has 160 valence electrons. The van der Waals surface area contributed by atoms with Gasteiger partial charge < -0.3 is 37.5 Å². The molecule has 0 aliphatic rings. The minimum atomic E-state index is -1.07. The molecular weight excluding hydrogens is 420 g/mol. The van der Waals surface area contributed by atoms with Crippen LogP contribution in [0.4, 0.5) is 0 Å². The van der Waals surface area contributed by atoms with Crippen LogP contribution in [0.1, 0.15) is 5.56 Å². The zero-order valence-corrected chi connectivity index (χ0v) is 17.0. The third-order valence-corrected chi connectivity index (χ3v) is 6.12. The number of hydrogen-bond donors (Lipinski definition) is 7. The number of aromatic amines is 1. The minimum absolute atomic E-state index is 0.229. The quantitative estimate of drug-likeness (QED) is 0.196. The Labute approximate surface area is 174 Å². The zero-order chi connectivity index (χ0) is 22.0. The van der Waals surface area contributed by atoms with E-state index in [9.17, 15) is 14.4 Å². The van der Waals surface area contributed by atoms with Gasteiger partial charge in [-0.15, -0.1) is 0 Å². The van der Waals surface area contributed by atoms with Crippen LogP contribution in [0.3, 0.4) is 0 Å². The summed E-state index contributed by atoms with van der Waals surface area (Å²) < 4.78 is 0. The average molecular weight is 445 g/mol. The van der Waals surface area contributed by atoms with Crippen molar-refractivity contribution in [1.29, 1.82) is 0 Å². The van der Waals surface area contributed by atoms with E-state index < -0.39 is 36.0 Å². The molecule has 29 heavy (non-hydrogen) atoms. The number of hydrogen-bond acceptors (Lipinski definition) is 8. The first-order valence-electron chi connectivity index (χ1n) is 8.38. The molecule has 0 radical (unpaired) electrons. The summed E-state index contributed by atoms with van der Waals surface area (Å²) in [5.41, 5.74) is 17.9. The van der Waals surface area contributed by atoms with E-state index in [4.69, 9.17) is 32.5 Å². The van der Waals surface area contributed by atoms with E-state index in [0.717, 1.165) is 16.5 Å². The van der Waals surface area contributed by atoms with Gasteiger partial charge in [0.1, 0.15) is 18.1 Å².